The van der Waals surface area contributed by atoms with Gasteiger partial charge < -0.3 is 5.32 Å². The monoisotopic (exact) mass is 252 g/mol. The molecule has 86 valence electrons. The summed E-state index contributed by atoms with van der Waals surface area (Å²) in [5.41, 5.74) is 1.09. The van der Waals surface area contributed by atoms with Crippen molar-refractivity contribution in [1.82, 2.24) is 10.3 Å². The van der Waals surface area contributed by atoms with Crippen molar-refractivity contribution in [3.05, 3.63) is 28.6 Å². The second-order valence-electron chi connectivity index (χ2n) is 4.17. The Kier molecular flexibility index (Phi) is 3.42. The Balaban J connectivity index is 2.26. The van der Waals surface area contributed by atoms with Gasteiger partial charge in [0.15, 0.2) is 0 Å². The van der Waals surface area contributed by atoms with Gasteiger partial charge in [-0.25, -0.2) is 4.98 Å². The lowest BCUT2D eigenvalue weighted by Gasteiger charge is -2.23. The van der Waals surface area contributed by atoms with E-state index in [1.165, 1.54) is 4.88 Å². The van der Waals surface area contributed by atoms with Crippen LogP contribution in [0.1, 0.15) is 26.5 Å². The second-order valence-corrected chi connectivity index (χ2v) is 5.98. The zero-order valence-corrected chi connectivity index (χ0v) is 11.4. The molecular weight excluding hydrogens is 236 g/mol. The second kappa shape index (κ2) is 4.65. The topological polar surface area (TPSA) is 24.9 Å². The van der Waals surface area contributed by atoms with E-state index in [4.69, 9.17) is 4.98 Å². The van der Waals surface area contributed by atoms with Gasteiger partial charge in [-0.05, 0) is 31.8 Å². The van der Waals surface area contributed by atoms with Crippen molar-refractivity contribution in [2.75, 3.05) is 6.54 Å². The predicted molar refractivity (Wildman–Crippen MR) is 72.1 cm³/mol. The molecule has 0 saturated carbocycles. The first-order valence-electron chi connectivity index (χ1n) is 5.38. The van der Waals surface area contributed by atoms with E-state index in [-0.39, 0.29) is 5.54 Å². The third-order valence-electron chi connectivity index (χ3n) is 2.50. The lowest BCUT2D eigenvalue weighted by Crippen LogP contribution is -2.36. The molecule has 0 amide bonds. The highest BCUT2D eigenvalue weighted by Gasteiger charge is 2.22. The van der Waals surface area contributed by atoms with Gasteiger partial charge >= 0.3 is 0 Å². The van der Waals surface area contributed by atoms with Crippen LogP contribution in [0, 0.1) is 0 Å². The Hall–Kier alpha value is -0.710. The molecule has 0 bridgehead atoms. The molecule has 2 aromatic rings. The Morgan fingerprint density at radius 2 is 2.19 bits per heavy atom. The van der Waals surface area contributed by atoms with Crippen molar-refractivity contribution in [3.63, 3.8) is 0 Å². The Bertz CT molecular complexity index is 443. The summed E-state index contributed by atoms with van der Waals surface area (Å²) in [6, 6.07) is 4.18. The fraction of sp³-hybridized carbons (Fsp3) is 0.417. The number of thiazole rings is 1. The third kappa shape index (κ3) is 2.34. The van der Waals surface area contributed by atoms with Crippen molar-refractivity contribution in [2.24, 2.45) is 0 Å². The average Bonchev–Trinajstić information content (AvgIpc) is 2.89. The summed E-state index contributed by atoms with van der Waals surface area (Å²) in [5.74, 6) is 0. The van der Waals surface area contributed by atoms with Crippen LogP contribution in [0.3, 0.4) is 0 Å². The van der Waals surface area contributed by atoms with Gasteiger partial charge in [-0.15, -0.1) is 22.7 Å². The molecule has 0 aliphatic heterocycles. The molecule has 1 N–H and O–H groups in total. The molecule has 2 rings (SSSR count). The van der Waals surface area contributed by atoms with Crippen LogP contribution in [0.5, 0.6) is 0 Å². The van der Waals surface area contributed by atoms with Gasteiger partial charge in [0.1, 0.15) is 5.01 Å². The number of thiophene rings is 1. The Morgan fingerprint density at radius 3 is 2.81 bits per heavy atom. The Labute approximate surface area is 104 Å². The summed E-state index contributed by atoms with van der Waals surface area (Å²) >= 11 is 3.46. The minimum absolute atomic E-state index is 0.0409. The molecule has 0 aliphatic carbocycles. The lowest BCUT2D eigenvalue weighted by atomic mass is 10.0. The van der Waals surface area contributed by atoms with Crippen molar-refractivity contribution in [3.8, 4) is 9.88 Å². The zero-order chi connectivity index (χ0) is 11.6. The van der Waals surface area contributed by atoms with E-state index in [1.807, 2.05) is 0 Å². The first-order valence-corrected chi connectivity index (χ1v) is 7.14. The number of hydrogen-bond donors (Lipinski definition) is 1. The van der Waals surface area contributed by atoms with Gasteiger partial charge in [0.2, 0.25) is 0 Å². The van der Waals surface area contributed by atoms with Crippen LogP contribution in [-0.2, 0) is 5.54 Å². The molecule has 2 nitrogen and oxygen atoms in total. The van der Waals surface area contributed by atoms with E-state index in [9.17, 15) is 0 Å². The first kappa shape index (κ1) is 11.8. The van der Waals surface area contributed by atoms with E-state index in [2.05, 4.69) is 49.0 Å². The maximum Gasteiger partial charge on any atom is 0.133 e. The molecule has 2 aromatic heterocycles. The van der Waals surface area contributed by atoms with Crippen LogP contribution in [-0.4, -0.2) is 11.5 Å². The van der Waals surface area contributed by atoms with Gasteiger partial charge in [-0.1, -0.05) is 13.0 Å². The minimum atomic E-state index is -0.0409. The summed E-state index contributed by atoms with van der Waals surface area (Å²) in [4.78, 5) is 5.96. The molecule has 0 aromatic carbocycles. The number of hydrogen-bond acceptors (Lipinski definition) is 4. The van der Waals surface area contributed by atoms with Crippen molar-refractivity contribution in [1.29, 1.82) is 0 Å². The van der Waals surface area contributed by atoms with E-state index in [1.54, 1.807) is 22.7 Å². The summed E-state index contributed by atoms with van der Waals surface area (Å²) in [7, 11) is 0. The van der Waals surface area contributed by atoms with Crippen LogP contribution < -0.4 is 5.32 Å². The summed E-state index contributed by atoms with van der Waals surface area (Å²) in [5, 5.41) is 8.81. The van der Waals surface area contributed by atoms with Crippen LogP contribution in [0.15, 0.2) is 22.9 Å². The predicted octanol–water partition coefficient (Wildman–Crippen LogP) is 3.72. The maximum absolute atomic E-state index is 4.71. The number of nitrogens with one attached hydrogen (secondary N) is 1. The quantitative estimate of drug-likeness (QED) is 0.897. The molecule has 0 spiro atoms. The minimum Gasteiger partial charge on any atom is -0.307 e. The highest BCUT2D eigenvalue weighted by atomic mass is 32.1. The summed E-state index contributed by atoms with van der Waals surface area (Å²) < 4.78 is 0. The number of rotatable bonds is 4. The van der Waals surface area contributed by atoms with Crippen LogP contribution in [0.4, 0.5) is 0 Å². The number of nitrogens with zero attached hydrogens (tertiary/aromatic N) is 1. The molecule has 16 heavy (non-hydrogen) atoms. The number of aromatic nitrogens is 1. The Morgan fingerprint density at radius 1 is 1.38 bits per heavy atom. The molecule has 0 radical (unpaired) electrons. The molecule has 0 atom stereocenters. The van der Waals surface area contributed by atoms with Crippen LogP contribution in [0.2, 0.25) is 0 Å². The lowest BCUT2D eigenvalue weighted by molar-refractivity contribution is 0.406. The van der Waals surface area contributed by atoms with E-state index in [0.29, 0.717) is 0 Å². The van der Waals surface area contributed by atoms with Crippen molar-refractivity contribution >= 4 is 22.7 Å². The molecule has 0 unspecified atom stereocenters. The molecule has 0 fully saturated rings. The molecular formula is C12H16N2S2. The van der Waals surface area contributed by atoms with E-state index in [0.717, 1.165) is 17.2 Å². The van der Waals surface area contributed by atoms with Crippen molar-refractivity contribution in [2.45, 2.75) is 26.3 Å². The average molecular weight is 252 g/mol. The highest BCUT2D eigenvalue weighted by Crippen LogP contribution is 2.31. The van der Waals surface area contributed by atoms with E-state index < -0.39 is 0 Å². The normalized spacial score (nSPS) is 11.9. The van der Waals surface area contributed by atoms with Crippen LogP contribution in [0.25, 0.3) is 9.88 Å². The smallest absolute Gasteiger partial charge is 0.133 e. The molecule has 0 saturated heterocycles. The SMILES string of the molecule is CCNC(C)(C)c1csc(-c2cccs2)n1. The molecule has 2 heterocycles. The fourth-order valence-corrected chi connectivity index (χ4v) is 3.41. The summed E-state index contributed by atoms with van der Waals surface area (Å²) in [6.07, 6.45) is 0. The first-order chi connectivity index (χ1) is 7.63. The molecule has 4 heteroatoms. The van der Waals surface area contributed by atoms with Gasteiger partial charge in [0, 0.05) is 5.38 Å². The standard InChI is InChI=1S/C12H16N2S2/c1-4-13-12(2,3)10-8-16-11(14-10)9-6-5-7-15-9/h5-8,13H,4H2,1-3H3. The molecule has 0 aliphatic rings. The summed E-state index contributed by atoms with van der Waals surface area (Å²) in [6.45, 7) is 7.42. The zero-order valence-electron chi connectivity index (χ0n) is 9.78. The van der Waals surface area contributed by atoms with Crippen molar-refractivity contribution < 1.29 is 0 Å². The van der Waals surface area contributed by atoms with Gasteiger partial charge in [-0.2, -0.15) is 0 Å². The van der Waals surface area contributed by atoms with Crippen LogP contribution >= 0.6 is 22.7 Å². The van der Waals surface area contributed by atoms with E-state index >= 15 is 0 Å². The van der Waals surface area contributed by atoms with Gasteiger partial charge in [0.25, 0.3) is 0 Å². The highest BCUT2D eigenvalue weighted by molar-refractivity contribution is 7.20. The van der Waals surface area contributed by atoms with Gasteiger partial charge in [-0.3, -0.25) is 0 Å². The fourth-order valence-electron chi connectivity index (χ4n) is 1.61. The largest absolute Gasteiger partial charge is 0.307 e. The third-order valence-corrected chi connectivity index (χ3v) is 4.38. The maximum atomic E-state index is 4.71. The van der Waals surface area contributed by atoms with Gasteiger partial charge in [0.05, 0.1) is 16.1 Å².